The molecule has 1 amide bonds. The molecule has 66 heavy (non-hydrogen) atoms. The van der Waals surface area contributed by atoms with Crippen LogP contribution >= 0.6 is 7.82 Å². The predicted molar refractivity (Wildman–Crippen MR) is 268 cm³/mol. The second kappa shape index (κ2) is 48.9. The minimum Gasteiger partial charge on any atom is -0.481 e. The number of rotatable bonds is 51. The first-order valence-corrected chi connectivity index (χ1v) is 28.3. The highest BCUT2D eigenvalue weighted by atomic mass is 31.2. The van der Waals surface area contributed by atoms with Gasteiger partial charge in [0.15, 0.2) is 6.10 Å². The van der Waals surface area contributed by atoms with Gasteiger partial charge in [-0.05, 0) is 77.0 Å². The van der Waals surface area contributed by atoms with Gasteiger partial charge in [0, 0.05) is 32.2 Å². The van der Waals surface area contributed by atoms with Gasteiger partial charge in [-0.15, -0.1) is 0 Å². The largest absolute Gasteiger partial charge is 0.481 e. The maximum atomic E-state index is 12.8. The van der Waals surface area contributed by atoms with E-state index >= 15 is 0 Å². The fourth-order valence-corrected chi connectivity index (χ4v) is 8.33. The monoisotopic (exact) mass is 956 g/mol. The van der Waals surface area contributed by atoms with Crippen molar-refractivity contribution in [2.45, 2.75) is 264 Å². The van der Waals surface area contributed by atoms with Crippen LogP contribution in [0.5, 0.6) is 0 Å². The van der Waals surface area contributed by atoms with Crippen molar-refractivity contribution in [3.8, 4) is 0 Å². The normalized spacial score (nSPS) is 13.0. The number of ether oxygens (including phenoxy) is 2. The molecule has 0 saturated heterocycles. The average molecular weight is 956 g/mol. The molecule has 0 aliphatic rings. The molecule has 0 aromatic carbocycles. The Kier molecular flexibility index (Phi) is 47.0. The number of carbonyl (C=O) groups excluding carboxylic acids is 3. The van der Waals surface area contributed by atoms with Crippen LogP contribution in [0.4, 0.5) is 0 Å². The average Bonchev–Trinajstić information content (AvgIpc) is 3.29. The Labute approximate surface area is 402 Å². The van der Waals surface area contributed by atoms with Crippen LogP contribution in [0.1, 0.15) is 258 Å². The third-order valence-electron chi connectivity index (χ3n) is 11.7. The van der Waals surface area contributed by atoms with Crippen molar-refractivity contribution in [2.24, 2.45) is 0 Å². The van der Waals surface area contributed by atoms with Crippen LogP contribution in [0.3, 0.4) is 0 Å². The van der Waals surface area contributed by atoms with E-state index in [1.165, 1.54) is 77.0 Å². The molecular weight excluding hydrogens is 858 g/mol. The lowest BCUT2D eigenvalue weighted by molar-refractivity contribution is -0.161. The van der Waals surface area contributed by atoms with E-state index < -0.39 is 38.4 Å². The molecule has 0 aromatic heterocycles. The van der Waals surface area contributed by atoms with Crippen molar-refractivity contribution < 1.29 is 52.3 Å². The van der Waals surface area contributed by atoms with Crippen LogP contribution < -0.4 is 5.32 Å². The van der Waals surface area contributed by atoms with E-state index in [0.29, 0.717) is 25.7 Å². The molecule has 0 fully saturated rings. The molecule has 0 heterocycles. The lowest BCUT2D eigenvalue weighted by Gasteiger charge is -2.20. The number of unbranched alkanes of at least 4 members (excludes halogenated alkanes) is 29. The van der Waals surface area contributed by atoms with Crippen LogP contribution in [0.2, 0.25) is 0 Å². The van der Waals surface area contributed by atoms with Gasteiger partial charge in [-0.3, -0.25) is 28.2 Å². The molecule has 2 atom stereocenters. The van der Waals surface area contributed by atoms with Crippen molar-refractivity contribution in [3.63, 3.8) is 0 Å². The number of phosphoric ester groups is 1. The van der Waals surface area contributed by atoms with Gasteiger partial charge >= 0.3 is 25.7 Å². The SMILES string of the molecule is CCCCCCCC/C=C/CCCCCCCC(=O)OCC(COP(=O)(O)OCCNC(=O)CCCCCCCCCCC(=O)O)OC(=O)CCCCCCC/C=C/CCCCCCCC. The second-order valence-electron chi connectivity index (χ2n) is 18.1. The van der Waals surface area contributed by atoms with Crippen molar-refractivity contribution in [1.82, 2.24) is 5.32 Å². The number of amides is 1. The molecule has 0 aliphatic heterocycles. The number of nitrogens with one attached hydrogen (secondary N) is 1. The van der Waals surface area contributed by atoms with Gasteiger partial charge < -0.3 is 24.8 Å². The van der Waals surface area contributed by atoms with E-state index in [2.05, 4.69) is 43.5 Å². The van der Waals surface area contributed by atoms with E-state index in [4.69, 9.17) is 23.6 Å². The molecule has 0 spiro atoms. The number of carboxylic acid groups (broad SMARTS) is 1. The fourth-order valence-electron chi connectivity index (χ4n) is 7.58. The first kappa shape index (κ1) is 63.5. The van der Waals surface area contributed by atoms with Gasteiger partial charge in [-0.25, -0.2) is 4.57 Å². The van der Waals surface area contributed by atoms with Crippen molar-refractivity contribution in [3.05, 3.63) is 24.3 Å². The second-order valence-corrected chi connectivity index (χ2v) is 19.6. The molecule has 0 rings (SSSR count). The molecule has 2 unspecified atom stereocenters. The van der Waals surface area contributed by atoms with E-state index in [1.54, 1.807) is 0 Å². The number of allylic oxidation sites excluding steroid dienone is 4. The van der Waals surface area contributed by atoms with E-state index in [-0.39, 0.29) is 44.9 Å². The minimum absolute atomic E-state index is 0.0193. The van der Waals surface area contributed by atoms with Crippen LogP contribution in [0.25, 0.3) is 0 Å². The Morgan fingerprint density at radius 3 is 1.30 bits per heavy atom. The van der Waals surface area contributed by atoms with Crippen molar-refractivity contribution >= 4 is 31.6 Å². The van der Waals surface area contributed by atoms with Crippen LogP contribution in [0, 0.1) is 0 Å². The maximum Gasteiger partial charge on any atom is 0.472 e. The summed E-state index contributed by atoms with van der Waals surface area (Å²) in [5.74, 6) is -1.84. The first-order valence-electron chi connectivity index (χ1n) is 26.8. The van der Waals surface area contributed by atoms with Gasteiger partial charge in [0.25, 0.3) is 0 Å². The highest BCUT2D eigenvalue weighted by Crippen LogP contribution is 2.43. The summed E-state index contributed by atoms with van der Waals surface area (Å²) in [6.07, 6.45) is 46.4. The summed E-state index contributed by atoms with van der Waals surface area (Å²) in [6.45, 7) is 3.45. The third kappa shape index (κ3) is 49.4. The summed E-state index contributed by atoms with van der Waals surface area (Å²) in [6, 6.07) is 0. The molecule has 3 N–H and O–H groups in total. The zero-order chi connectivity index (χ0) is 48.4. The number of phosphoric acid groups is 1. The highest BCUT2D eigenvalue weighted by Gasteiger charge is 2.26. The standard InChI is InChI=1S/C53H98NO11P/c1-3-5-7-9-11-13-15-17-19-21-23-25-31-35-39-43-52(58)62-47-49(65-53(59)44-40-36-32-26-24-22-20-18-16-14-12-10-8-6-4-2)48-64-66(60,61)63-46-45-54-50(55)41-37-33-29-27-28-30-34-38-42-51(56)57/h17-20,49H,3-16,21-48H2,1-2H3,(H,54,55)(H,56,57)(H,60,61)/b19-17+,20-18+. The summed E-state index contributed by atoms with van der Waals surface area (Å²) in [7, 11) is -4.57. The summed E-state index contributed by atoms with van der Waals surface area (Å²) in [5, 5.41) is 11.4. The number of carboxylic acids is 1. The van der Waals surface area contributed by atoms with Crippen molar-refractivity contribution in [1.29, 1.82) is 0 Å². The Hall–Kier alpha value is -2.53. The Morgan fingerprint density at radius 1 is 0.485 bits per heavy atom. The lowest BCUT2D eigenvalue weighted by Crippen LogP contribution is -2.30. The van der Waals surface area contributed by atoms with E-state index in [0.717, 1.165) is 122 Å². The van der Waals surface area contributed by atoms with Gasteiger partial charge in [0.1, 0.15) is 6.61 Å². The lowest BCUT2D eigenvalue weighted by atomic mass is 10.1. The smallest absolute Gasteiger partial charge is 0.472 e. The maximum absolute atomic E-state index is 12.8. The molecule has 0 radical (unpaired) electrons. The molecule has 0 aromatic rings. The topological polar surface area (TPSA) is 175 Å². The summed E-state index contributed by atoms with van der Waals surface area (Å²) >= 11 is 0. The van der Waals surface area contributed by atoms with Crippen molar-refractivity contribution in [2.75, 3.05) is 26.4 Å². The molecule has 13 heteroatoms. The van der Waals surface area contributed by atoms with Gasteiger partial charge in [0.2, 0.25) is 5.91 Å². The van der Waals surface area contributed by atoms with Gasteiger partial charge in [-0.1, -0.05) is 179 Å². The minimum atomic E-state index is -4.57. The molecule has 12 nitrogen and oxygen atoms in total. The van der Waals surface area contributed by atoms with Gasteiger partial charge in [0.05, 0.1) is 13.2 Å². The summed E-state index contributed by atoms with van der Waals surface area (Å²) in [4.78, 5) is 58.5. The Morgan fingerprint density at radius 2 is 0.864 bits per heavy atom. The first-order chi connectivity index (χ1) is 32.1. The highest BCUT2D eigenvalue weighted by molar-refractivity contribution is 7.47. The number of aliphatic carboxylic acids is 1. The molecular formula is C53H98NO11P. The molecule has 386 valence electrons. The molecule has 0 saturated carbocycles. The Bertz CT molecular complexity index is 1260. The number of esters is 2. The fraction of sp³-hybridized carbons (Fsp3) is 0.849. The van der Waals surface area contributed by atoms with E-state index in [1.807, 2.05) is 0 Å². The number of hydrogen-bond donors (Lipinski definition) is 3. The molecule has 0 aliphatic carbocycles. The zero-order valence-corrected chi connectivity index (χ0v) is 43.0. The number of hydrogen-bond acceptors (Lipinski definition) is 9. The summed E-state index contributed by atoms with van der Waals surface area (Å²) < 4.78 is 33.9. The third-order valence-corrected chi connectivity index (χ3v) is 12.6. The van der Waals surface area contributed by atoms with E-state index in [9.17, 15) is 28.6 Å². The number of carbonyl (C=O) groups is 4. The van der Waals surface area contributed by atoms with Gasteiger partial charge in [-0.2, -0.15) is 0 Å². The predicted octanol–water partition coefficient (Wildman–Crippen LogP) is 14.8. The van der Waals surface area contributed by atoms with Crippen LogP contribution in [-0.4, -0.2) is 66.3 Å². The van der Waals surface area contributed by atoms with Crippen LogP contribution in [0.15, 0.2) is 24.3 Å². The molecule has 0 bridgehead atoms. The summed E-state index contributed by atoms with van der Waals surface area (Å²) in [5.41, 5.74) is 0. The van der Waals surface area contributed by atoms with Crippen LogP contribution in [-0.2, 0) is 42.3 Å². The Balaban J connectivity index is 4.56. The zero-order valence-electron chi connectivity index (χ0n) is 42.1. The quantitative estimate of drug-likeness (QED) is 0.0229.